The van der Waals surface area contributed by atoms with Crippen molar-refractivity contribution in [1.29, 1.82) is 0 Å². The number of para-hydroxylation sites is 1. The van der Waals surface area contributed by atoms with Crippen LogP contribution in [0.5, 0.6) is 0 Å². The van der Waals surface area contributed by atoms with Crippen LogP contribution in [0.15, 0.2) is 64.4 Å². The van der Waals surface area contributed by atoms with Gasteiger partial charge in [-0.3, -0.25) is 9.79 Å². The van der Waals surface area contributed by atoms with E-state index < -0.39 is 11.6 Å². The summed E-state index contributed by atoms with van der Waals surface area (Å²) in [6, 6.07) is 16.7. The number of cyclic esters (lactones) is 1. The zero-order valence-electron chi connectivity index (χ0n) is 18.8. The average molecular weight is 486 g/mol. The summed E-state index contributed by atoms with van der Waals surface area (Å²) in [6.07, 6.45) is 1.89. The highest BCUT2D eigenvalue weighted by molar-refractivity contribution is 6.30. The van der Waals surface area contributed by atoms with Crippen molar-refractivity contribution in [1.82, 2.24) is 9.55 Å². The molecule has 2 aliphatic rings. The molecule has 0 bridgehead atoms. The maximum atomic E-state index is 13.5. The van der Waals surface area contributed by atoms with Gasteiger partial charge in [-0.1, -0.05) is 36.7 Å². The molecular weight excluding hydrogens is 466 g/mol. The molecule has 4 heterocycles. The van der Waals surface area contributed by atoms with E-state index in [1.165, 1.54) is 0 Å². The standard InChI is InChI=1S/C27H20ClN3O4/c1-2-27(34)21-11-23-24-19(13-31(23)25(32)20(21)14-35-26(27)33)18(17-5-3-4-6-22(17)30-24)12-29-16-9-7-15(28)8-10-16/h3-12,34H,2,13-14H2,1H3/t27-/m0/s1. The molecular formula is C27H20ClN3O4. The molecule has 0 aliphatic carbocycles. The predicted molar refractivity (Wildman–Crippen MR) is 133 cm³/mol. The van der Waals surface area contributed by atoms with Gasteiger partial charge in [0.1, 0.15) is 6.61 Å². The number of carbonyl (C=O) groups excluding carboxylic acids is 1. The van der Waals surface area contributed by atoms with Gasteiger partial charge >= 0.3 is 5.97 Å². The van der Waals surface area contributed by atoms with Crippen LogP contribution in [0, 0.1) is 0 Å². The maximum absolute atomic E-state index is 13.5. The number of aliphatic imine (C=N–C) groups is 1. The van der Waals surface area contributed by atoms with Gasteiger partial charge in [-0.25, -0.2) is 9.78 Å². The number of halogens is 1. The number of hydrogen-bond donors (Lipinski definition) is 1. The summed E-state index contributed by atoms with van der Waals surface area (Å²) in [6.45, 7) is 1.83. The van der Waals surface area contributed by atoms with Crippen LogP contribution >= 0.6 is 11.6 Å². The Hall–Kier alpha value is -3.81. The van der Waals surface area contributed by atoms with Crippen LogP contribution in [0.4, 0.5) is 5.69 Å². The van der Waals surface area contributed by atoms with Crippen molar-refractivity contribution in [2.24, 2.45) is 4.99 Å². The molecule has 0 radical (unpaired) electrons. The van der Waals surface area contributed by atoms with Crippen LogP contribution in [-0.2, 0) is 28.3 Å². The number of esters is 1. The second-order valence-corrected chi connectivity index (χ2v) is 9.14. The number of carbonyl (C=O) groups is 1. The summed E-state index contributed by atoms with van der Waals surface area (Å²) in [4.78, 5) is 35.4. The lowest BCUT2D eigenvalue weighted by Crippen LogP contribution is -2.44. The highest BCUT2D eigenvalue weighted by Gasteiger charge is 2.45. The number of hydrogen-bond acceptors (Lipinski definition) is 6. The number of nitrogens with zero attached hydrogens (tertiary/aromatic N) is 3. The highest BCUT2D eigenvalue weighted by Crippen LogP contribution is 2.39. The van der Waals surface area contributed by atoms with Gasteiger partial charge < -0.3 is 14.4 Å². The van der Waals surface area contributed by atoms with Gasteiger partial charge in [-0.15, -0.1) is 0 Å². The van der Waals surface area contributed by atoms with E-state index in [2.05, 4.69) is 4.99 Å². The normalized spacial score (nSPS) is 18.4. The fourth-order valence-corrected chi connectivity index (χ4v) is 5.00. The average Bonchev–Trinajstić information content (AvgIpc) is 3.24. The van der Waals surface area contributed by atoms with E-state index in [4.69, 9.17) is 21.3 Å². The zero-order valence-corrected chi connectivity index (χ0v) is 19.5. The Morgan fingerprint density at radius 3 is 2.71 bits per heavy atom. The molecule has 0 unspecified atom stereocenters. The summed E-state index contributed by atoms with van der Waals surface area (Å²) < 4.78 is 6.79. The second-order valence-electron chi connectivity index (χ2n) is 8.71. The molecule has 8 heteroatoms. The number of ether oxygens (including phenoxy) is 1. The minimum absolute atomic E-state index is 0.0960. The SMILES string of the molecule is CC[C@@]1(O)C(=O)OCc2c1cc1n(c2=O)Cc2c-1nc1ccccc1c2C=Nc1ccc(Cl)cc1. The van der Waals surface area contributed by atoms with Gasteiger partial charge in [0.2, 0.25) is 0 Å². The van der Waals surface area contributed by atoms with Gasteiger partial charge in [-0.05, 0) is 42.8 Å². The largest absolute Gasteiger partial charge is 0.458 e. The van der Waals surface area contributed by atoms with E-state index in [1.54, 1.807) is 35.9 Å². The third kappa shape index (κ3) is 3.23. The third-order valence-electron chi connectivity index (χ3n) is 6.81. The monoisotopic (exact) mass is 485 g/mol. The molecule has 35 heavy (non-hydrogen) atoms. The number of rotatable bonds is 3. The predicted octanol–water partition coefficient (Wildman–Crippen LogP) is 4.48. The molecule has 174 valence electrons. The van der Waals surface area contributed by atoms with E-state index in [-0.39, 0.29) is 18.6 Å². The Morgan fingerprint density at radius 2 is 1.94 bits per heavy atom. The Labute approximate surface area is 205 Å². The van der Waals surface area contributed by atoms with Gasteiger partial charge in [0.05, 0.1) is 34.7 Å². The van der Waals surface area contributed by atoms with Crippen molar-refractivity contribution in [2.75, 3.05) is 0 Å². The summed E-state index contributed by atoms with van der Waals surface area (Å²) >= 11 is 6.00. The number of aromatic nitrogens is 2. The van der Waals surface area contributed by atoms with Gasteiger partial charge in [0.25, 0.3) is 5.56 Å². The molecule has 7 nitrogen and oxygen atoms in total. The number of fused-ring (bicyclic) bond motifs is 5. The van der Waals surface area contributed by atoms with Crippen molar-refractivity contribution in [3.8, 4) is 11.4 Å². The highest BCUT2D eigenvalue weighted by atomic mass is 35.5. The van der Waals surface area contributed by atoms with Crippen LogP contribution in [0.2, 0.25) is 5.02 Å². The van der Waals surface area contributed by atoms with E-state index in [0.717, 1.165) is 27.7 Å². The first-order chi connectivity index (χ1) is 16.9. The van der Waals surface area contributed by atoms with Crippen LogP contribution in [-0.4, -0.2) is 26.8 Å². The smallest absolute Gasteiger partial charge is 0.343 e. The zero-order chi connectivity index (χ0) is 24.3. The van der Waals surface area contributed by atoms with E-state index in [0.29, 0.717) is 34.1 Å². The molecule has 0 saturated heterocycles. The molecule has 0 amide bonds. The maximum Gasteiger partial charge on any atom is 0.343 e. The number of pyridine rings is 2. The summed E-state index contributed by atoms with van der Waals surface area (Å²) in [5.41, 5.74) is 2.87. The number of aliphatic hydroxyl groups is 1. The number of benzene rings is 2. The van der Waals surface area contributed by atoms with Crippen molar-refractivity contribution < 1.29 is 14.6 Å². The third-order valence-corrected chi connectivity index (χ3v) is 7.06. The molecule has 1 atom stereocenters. The Bertz CT molecular complexity index is 1620. The van der Waals surface area contributed by atoms with Gasteiger partial charge in [-0.2, -0.15) is 0 Å². The summed E-state index contributed by atoms with van der Waals surface area (Å²) in [5, 5.41) is 12.6. The lowest BCUT2D eigenvalue weighted by molar-refractivity contribution is -0.172. The first-order valence-electron chi connectivity index (χ1n) is 11.3. The second kappa shape index (κ2) is 7.86. The lowest BCUT2D eigenvalue weighted by atomic mass is 9.86. The lowest BCUT2D eigenvalue weighted by Gasteiger charge is -2.31. The van der Waals surface area contributed by atoms with Crippen molar-refractivity contribution >= 4 is 40.4 Å². The van der Waals surface area contributed by atoms with Crippen LogP contribution in [0.25, 0.3) is 22.3 Å². The Kier molecular flexibility index (Phi) is 4.88. The van der Waals surface area contributed by atoms with Gasteiger partial charge in [0.15, 0.2) is 5.60 Å². The molecule has 0 saturated carbocycles. The minimum atomic E-state index is -1.86. The molecule has 0 spiro atoms. The van der Waals surface area contributed by atoms with Crippen molar-refractivity contribution in [3.05, 3.63) is 92.2 Å². The fraction of sp³-hybridized carbons (Fsp3) is 0.185. The topological polar surface area (TPSA) is 93.8 Å². The summed E-state index contributed by atoms with van der Waals surface area (Å²) in [5.74, 6) is -0.739. The van der Waals surface area contributed by atoms with Crippen LogP contribution in [0.3, 0.4) is 0 Å². The molecule has 2 aromatic heterocycles. The van der Waals surface area contributed by atoms with Crippen molar-refractivity contribution in [3.63, 3.8) is 0 Å². The molecule has 4 aromatic rings. The Balaban J connectivity index is 1.59. The fourth-order valence-electron chi connectivity index (χ4n) is 4.87. The van der Waals surface area contributed by atoms with Crippen LogP contribution < -0.4 is 5.56 Å². The molecule has 6 rings (SSSR count). The van der Waals surface area contributed by atoms with E-state index >= 15 is 0 Å². The van der Waals surface area contributed by atoms with Crippen LogP contribution in [0.1, 0.15) is 35.6 Å². The molecule has 1 N–H and O–H groups in total. The summed E-state index contributed by atoms with van der Waals surface area (Å²) in [7, 11) is 0. The Morgan fingerprint density at radius 1 is 1.17 bits per heavy atom. The van der Waals surface area contributed by atoms with Crippen molar-refractivity contribution in [2.45, 2.75) is 32.1 Å². The van der Waals surface area contributed by atoms with E-state index in [9.17, 15) is 14.7 Å². The minimum Gasteiger partial charge on any atom is -0.458 e. The molecule has 2 aromatic carbocycles. The quantitative estimate of drug-likeness (QED) is 0.300. The first-order valence-corrected chi connectivity index (χ1v) is 11.7. The molecule has 2 aliphatic heterocycles. The molecule has 0 fully saturated rings. The van der Waals surface area contributed by atoms with Gasteiger partial charge in [0, 0.05) is 33.3 Å². The first kappa shape index (κ1) is 21.7. The van der Waals surface area contributed by atoms with E-state index in [1.807, 2.05) is 36.4 Å².